The summed E-state index contributed by atoms with van der Waals surface area (Å²) < 4.78 is 11.1. The first-order chi connectivity index (χ1) is 19.2. The Balaban J connectivity index is 3.24. The van der Waals surface area contributed by atoms with Gasteiger partial charge < -0.3 is 30.3 Å². The maximum atomic E-state index is 10.0. The summed E-state index contributed by atoms with van der Waals surface area (Å²) in [6, 6.07) is 0. The van der Waals surface area contributed by atoms with Gasteiger partial charge in [-0.15, -0.1) is 0 Å². The van der Waals surface area contributed by atoms with E-state index >= 15 is 0 Å². The van der Waals surface area contributed by atoms with Crippen molar-refractivity contribution in [2.24, 2.45) is 0 Å². The van der Waals surface area contributed by atoms with Gasteiger partial charge in [0, 0.05) is 26.3 Å². The molecule has 0 aromatic heterocycles. The third-order valence-electron chi connectivity index (χ3n) is 7.37. The predicted molar refractivity (Wildman–Crippen MR) is 168 cm³/mol. The topological polar surface area (TPSA) is 83.0 Å². The first kappa shape index (κ1) is 38.8. The summed E-state index contributed by atoms with van der Waals surface area (Å²) in [4.78, 5) is 0. The molecule has 0 spiro atoms. The Morgan fingerprint density at radius 3 is 1.08 bits per heavy atom. The maximum Gasteiger partial charge on any atom is 0.0897 e. The molecular weight excluding hydrogens is 488 g/mol. The molecule has 0 heterocycles. The van der Waals surface area contributed by atoms with Crippen molar-refractivity contribution in [3.63, 3.8) is 0 Å². The van der Waals surface area contributed by atoms with E-state index in [1.807, 2.05) is 0 Å². The monoisotopic (exact) mass is 559 g/mol. The molecule has 0 bridgehead atoms. The predicted octanol–water partition coefficient (Wildman–Crippen LogP) is 7.15. The van der Waals surface area contributed by atoms with Gasteiger partial charge in [-0.2, -0.15) is 0 Å². The molecule has 39 heavy (non-hydrogen) atoms. The van der Waals surface area contributed by atoms with Crippen LogP contribution in [0.4, 0.5) is 0 Å². The minimum absolute atomic E-state index is 0.358. The van der Waals surface area contributed by atoms with Crippen molar-refractivity contribution < 1.29 is 19.7 Å². The van der Waals surface area contributed by atoms with Crippen molar-refractivity contribution in [1.29, 1.82) is 0 Å². The molecule has 2 atom stereocenters. The van der Waals surface area contributed by atoms with Crippen LogP contribution in [0.15, 0.2) is 0 Å². The van der Waals surface area contributed by atoms with Gasteiger partial charge in [0.15, 0.2) is 0 Å². The highest BCUT2D eigenvalue weighted by atomic mass is 16.5. The number of unbranched alkanes of at least 4 members (excludes halogenated alkanes) is 18. The summed E-state index contributed by atoms with van der Waals surface area (Å²) in [6.45, 7) is 9.52. The van der Waals surface area contributed by atoms with Crippen LogP contribution in [0.3, 0.4) is 0 Å². The molecule has 0 aromatic rings. The van der Waals surface area contributed by atoms with Crippen LogP contribution in [0.25, 0.3) is 0 Å². The van der Waals surface area contributed by atoms with E-state index in [1.54, 1.807) is 0 Å². The molecule has 0 aliphatic heterocycles. The Morgan fingerprint density at radius 1 is 0.436 bits per heavy atom. The van der Waals surface area contributed by atoms with Crippen LogP contribution in [0.2, 0.25) is 0 Å². The number of ether oxygens (including phenoxy) is 2. The average Bonchev–Trinajstić information content (AvgIpc) is 2.93. The molecule has 0 radical (unpaired) electrons. The van der Waals surface area contributed by atoms with E-state index in [2.05, 4.69) is 24.5 Å². The van der Waals surface area contributed by atoms with Gasteiger partial charge in [0.2, 0.25) is 0 Å². The van der Waals surface area contributed by atoms with Gasteiger partial charge in [-0.25, -0.2) is 0 Å². The largest absolute Gasteiger partial charge is 0.389 e. The lowest BCUT2D eigenvalue weighted by atomic mass is 10.1. The molecule has 6 nitrogen and oxygen atoms in total. The fourth-order valence-corrected chi connectivity index (χ4v) is 4.83. The van der Waals surface area contributed by atoms with Gasteiger partial charge >= 0.3 is 0 Å². The number of nitrogens with one attached hydrogen (secondary N) is 2. The van der Waals surface area contributed by atoms with Gasteiger partial charge in [0.25, 0.3) is 0 Å². The van der Waals surface area contributed by atoms with E-state index < -0.39 is 12.2 Å². The second-order valence-electron chi connectivity index (χ2n) is 11.6. The summed E-state index contributed by atoms with van der Waals surface area (Å²) in [7, 11) is 0. The highest BCUT2D eigenvalue weighted by Crippen LogP contribution is 2.11. The van der Waals surface area contributed by atoms with E-state index in [0.29, 0.717) is 39.5 Å². The van der Waals surface area contributed by atoms with Crippen molar-refractivity contribution in [2.45, 2.75) is 161 Å². The van der Waals surface area contributed by atoms with Crippen molar-refractivity contribution in [3.8, 4) is 0 Å². The second kappa shape index (κ2) is 34.0. The van der Waals surface area contributed by atoms with Gasteiger partial charge in [-0.05, 0) is 32.4 Å². The van der Waals surface area contributed by atoms with Crippen LogP contribution in [0.5, 0.6) is 0 Å². The van der Waals surface area contributed by atoms with E-state index in [1.165, 1.54) is 128 Å². The molecule has 0 saturated carbocycles. The summed E-state index contributed by atoms with van der Waals surface area (Å²) in [5, 5.41) is 26.8. The summed E-state index contributed by atoms with van der Waals surface area (Å²) in [5.74, 6) is 0. The molecule has 6 heteroatoms. The van der Waals surface area contributed by atoms with Gasteiger partial charge in [-0.3, -0.25) is 0 Å². The Hall–Kier alpha value is -0.240. The number of aliphatic hydroxyl groups excluding tert-OH is 2. The number of hydrogen-bond donors (Lipinski definition) is 4. The van der Waals surface area contributed by atoms with Crippen molar-refractivity contribution in [1.82, 2.24) is 10.6 Å². The van der Waals surface area contributed by atoms with E-state index in [0.717, 1.165) is 19.5 Å². The van der Waals surface area contributed by atoms with Crippen LogP contribution >= 0.6 is 0 Å². The van der Waals surface area contributed by atoms with Crippen molar-refractivity contribution in [2.75, 3.05) is 52.6 Å². The summed E-state index contributed by atoms with van der Waals surface area (Å²) in [6.07, 6.45) is 26.8. The molecule has 0 saturated heterocycles. The molecule has 0 rings (SSSR count). The minimum Gasteiger partial charge on any atom is -0.389 e. The fraction of sp³-hybridized carbons (Fsp3) is 1.00. The van der Waals surface area contributed by atoms with Crippen molar-refractivity contribution in [3.05, 3.63) is 0 Å². The lowest BCUT2D eigenvalue weighted by Crippen LogP contribution is -2.31. The SMILES string of the molecule is CCCCCCCCCCCCNCC(O)COCCCOCC(O)CNCCCCCCCCCCCC. The second-order valence-corrected chi connectivity index (χ2v) is 11.6. The van der Waals surface area contributed by atoms with E-state index in [4.69, 9.17) is 9.47 Å². The molecule has 0 amide bonds. The number of hydrogen-bond acceptors (Lipinski definition) is 6. The molecule has 0 aromatic carbocycles. The first-order valence-electron chi connectivity index (χ1n) is 17.1. The summed E-state index contributed by atoms with van der Waals surface area (Å²) >= 11 is 0. The fourth-order valence-electron chi connectivity index (χ4n) is 4.83. The van der Waals surface area contributed by atoms with Gasteiger partial charge in [-0.1, -0.05) is 129 Å². The zero-order chi connectivity index (χ0) is 28.5. The Kier molecular flexibility index (Phi) is 33.8. The molecule has 2 unspecified atom stereocenters. The highest BCUT2D eigenvalue weighted by molar-refractivity contribution is 4.60. The Labute approximate surface area is 243 Å². The highest BCUT2D eigenvalue weighted by Gasteiger charge is 2.05. The smallest absolute Gasteiger partial charge is 0.0897 e. The summed E-state index contributed by atoms with van der Waals surface area (Å²) in [5.41, 5.74) is 0. The van der Waals surface area contributed by atoms with Gasteiger partial charge in [0.05, 0.1) is 25.4 Å². The first-order valence-corrected chi connectivity index (χ1v) is 17.1. The number of aliphatic hydroxyl groups is 2. The quantitative estimate of drug-likeness (QED) is 0.0628. The lowest BCUT2D eigenvalue weighted by Gasteiger charge is -2.14. The van der Waals surface area contributed by atoms with Crippen molar-refractivity contribution >= 4 is 0 Å². The lowest BCUT2D eigenvalue weighted by molar-refractivity contribution is 0.00883. The Morgan fingerprint density at radius 2 is 0.744 bits per heavy atom. The van der Waals surface area contributed by atoms with E-state index in [9.17, 15) is 10.2 Å². The Bertz CT molecular complexity index is 404. The molecule has 4 N–H and O–H groups in total. The van der Waals surface area contributed by atoms with Crippen LogP contribution in [0.1, 0.15) is 149 Å². The number of rotatable bonds is 34. The van der Waals surface area contributed by atoms with Crippen LogP contribution in [-0.2, 0) is 9.47 Å². The third-order valence-corrected chi connectivity index (χ3v) is 7.37. The van der Waals surface area contributed by atoms with Crippen LogP contribution in [0, 0.1) is 0 Å². The average molecular weight is 559 g/mol. The van der Waals surface area contributed by atoms with Gasteiger partial charge in [0.1, 0.15) is 0 Å². The van der Waals surface area contributed by atoms with Crippen LogP contribution < -0.4 is 10.6 Å². The minimum atomic E-state index is -0.461. The van der Waals surface area contributed by atoms with Crippen LogP contribution in [-0.4, -0.2) is 75.0 Å². The molecule has 0 aliphatic rings. The molecule has 0 aliphatic carbocycles. The zero-order valence-corrected chi connectivity index (χ0v) is 26.4. The third kappa shape index (κ3) is 33.9. The maximum absolute atomic E-state index is 10.0. The normalized spacial score (nSPS) is 13.2. The molecule has 236 valence electrons. The van der Waals surface area contributed by atoms with E-state index in [-0.39, 0.29) is 0 Å². The molecule has 0 fully saturated rings. The zero-order valence-electron chi connectivity index (χ0n) is 26.4. The standard InChI is InChI=1S/C33H70N2O4/c1-3-5-7-9-11-13-15-17-19-21-24-34-28-32(36)30-38-26-23-27-39-31-33(37)29-35-25-22-20-18-16-14-12-10-8-6-4-2/h32-37H,3-31H2,1-2H3. The molecular formula is C33H70N2O4.